The van der Waals surface area contributed by atoms with Gasteiger partial charge in [-0.2, -0.15) is 0 Å². The molecule has 0 fully saturated rings. The number of hydrogen-bond donors (Lipinski definition) is 3. The number of rotatable bonds is 5. The minimum absolute atomic E-state index is 0.135. The van der Waals surface area contributed by atoms with Crippen molar-refractivity contribution in [1.29, 1.82) is 0 Å². The van der Waals surface area contributed by atoms with Gasteiger partial charge in [-0.3, -0.25) is 4.79 Å². The van der Waals surface area contributed by atoms with Gasteiger partial charge in [-0.15, -0.1) is 0 Å². The van der Waals surface area contributed by atoms with E-state index in [4.69, 9.17) is 10.2 Å². The van der Waals surface area contributed by atoms with Crippen LogP contribution in [0.25, 0.3) is 0 Å². The molecule has 4 heteroatoms. The number of aliphatic hydroxyl groups excluding tert-OH is 2. The van der Waals surface area contributed by atoms with E-state index >= 15 is 0 Å². The minimum atomic E-state index is -0.596. The van der Waals surface area contributed by atoms with Gasteiger partial charge in [0.25, 0.3) is 0 Å². The van der Waals surface area contributed by atoms with E-state index in [-0.39, 0.29) is 13.2 Å². The Labute approximate surface area is 59.9 Å². The second-order valence-corrected chi connectivity index (χ2v) is 2.63. The molecular formula is C6H13NO3. The van der Waals surface area contributed by atoms with Crippen molar-refractivity contribution in [3.63, 3.8) is 0 Å². The van der Waals surface area contributed by atoms with E-state index in [0.29, 0.717) is 13.0 Å². The molecule has 0 radical (unpaired) electrons. The predicted octanol–water partition coefficient (Wildman–Crippen LogP) is -1.28. The van der Waals surface area contributed by atoms with Gasteiger partial charge >= 0.3 is 0 Å². The fourth-order valence-electron chi connectivity index (χ4n) is 0.450. The van der Waals surface area contributed by atoms with Gasteiger partial charge in [0.15, 0.2) is 0 Å². The fourth-order valence-corrected chi connectivity index (χ4v) is 0.450. The average Bonchev–Trinajstić information content (AvgIpc) is 2.00. The van der Waals surface area contributed by atoms with Crippen molar-refractivity contribution >= 4 is 6.41 Å². The molecule has 0 rings (SSSR count). The maximum absolute atomic E-state index is 9.81. The molecule has 0 heterocycles. The summed E-state index contributed by atoms with van der Waals surface area (Å²) in [6.07, 6.45) is 0.545. The molecule has 0 atom stereocenters. The van der Waals surface area contributed by atoms with Crippen LogP contribution in [0.2, 0.25) is 0 Å². The van der Waals surface area contributed by atoms with Crippen molar-refractivity contribution < 1.29 is 15.0 Å². The number of carbonyl (C=O) groups excluding carboxylic acids is 1. The Hall–Kier alpha value is -0.610. The molecule has 60 valence electrons. The highest BCUT2D eigenvalue weighted by Gasteiger charge is 2.21. The number of carbonyl (C=O) groups is 1. The van der Waals surface area contributed by atoms with Gasteiger partial charge < -0.3 is 15.5 Å². The Morgan fingerprint density at radius 2 is 2.00 bits per heavy atom. The van der Waals surface area contributed by atoms with Gasteiger partial charge in [0, 0.05) is 12.0 Å². The van der Waals surface area contributed by atoms with Crippen molar-refractivity contribution in [2.24, 2.45) is 5.41 Å². The molecule has 0 aromatic heterocycles. The number of amides is 1. The van der Waals surface area contributed by atoms with Gasteiger partial charge in [0.2, 0.25) is 6.41 Å². The molecule has 3 N–H and O–H groups in total. The molecule has 0 aliphatic heterocycles. The molecule has 0 aromatic carbocycles. The zero-order valence-electron chi connectivity index (χ0n) is 6.00. The highest BCUT2D eigenvalue weighted by atomic mass is 16.3. The van der Waals surface area contributed by atoms with E-state index in [9.17, 15) is 4.79 Å². The van der Waals surface area contributed by atoms with E-state index in [0.717, 1.165) is 0 Å². The quantitative estimate of drug-likeness (QED) is 0.424. The van der Waals surface area contributed by atoms with Crippen LogP contribution in [-0.4, -0.2) is 36.4 Å². The molecule has 0 aromatic rings. The third kappa shape index (κ3) is 2.80. The lowest BCUT2D eigenvalue weighted by atomic mass is 9.93. The van der Waals surface area contributed by atoms with E-state index in [2.05, 4.69) is 5.32 Å². The molecule has 4 nitrogen and oxygen atoms in total. The van der Waals surface area contributed by atoms with Gasteiger partial charge in [-0.05, 0) is 0 Å². The third-order valence-electron chi connectivity index (χ3n) is 1.38. The van der Waals surface area contributed by atoms with E-state index in [1.54, 1.807) is 6.92 Å². The molecule has 0 unspecified atom stereocenters. The van der Waals surface area contributed by atoms with Crippen molar-refractivity contribution in [3.8, 4) is 0 Å². The molecule has 10 heavy (non-hydrogen) atoms. The summed E-state index contributed by atoms with van der Waals surface area (Å²) >= 11 is 0. The van der Waals surface area contributed by atoms with Crippen LogP contribution in [0.1, 0.15) is 6.92 Å². The Balaban J connectivity index is 3.68. The summed E-state index contributed by atoms with van der Waals surface area (Å²) in [6, 6.07) is 0. The summed E-state index contributed by atoms with van der Waals surface area (Å²) in [6.45, 7) is 1.71. The smallest absolute Gasteiger partial charge is 0.207 e. The summed E-state index contributed by atoms with van der Waals surface area (Å²) in [4.78, 5) is 9.81. The van der Waals surface area contributed by atoms with Crippen LogP contribution in [-0.2, 0) is 4.79 Å². The first-order valence-corrected chi connectivity index (χ1v) is 3.07. The summed E-state index contributed by atoms with van der Waals surface area (Å²) in [5.74, 6) is 0. The standard InChI is InChI=1S/C6H13NO3/c1-6(3-8,4-9)2-7-5-10/h5,8-9H,2-4H2,1H3,(H,7,10). The zero-order valence-corrected chi connectivity index (χ0v) is 6.00. The van der Waals surface area contributed by atoms with Gasteiger partial charge in [0.05, 0.1) is 13.2 Å². The monoisotopic (exact) mass is 147 g/mol. The molecule has 0 aliphatic rings. The first-order chi connectivity index (χ1) is 4.68. The van der Waals surface area contributed by atoms with Crippen molar-refractivity contribution in [3.05, 3.63) is 0 Å². The molecule has 0 saturated carbocycles. The molecular weight excluding hydrogens is 134 g/mol. The largest absolute Gasteiger partial charge is 0.396 e. The maximum Gasteiger partial charge on any atom is 0.207 e. The average molecular weight is 147 g/mol. The van der Waals surface area contributed by atoms with Crippen molar-refractivity contribution in [1.82, 2.24) is 5.32 Å². The summed E-state index contributed by atoms with van der Waals surface area (Å²) in [7, 11) is 0. The topological polar surface area (TPSA) is 69.6 Å². The van der Waals surface area contributed by atoms with Crippen LogP contribution in [0.5, 0.6) is 0 Å². The van der Waals surface area contributed by atoms with E-state index < -0.39 is 5.41 Å². The molecule has 0 spiro atoms. The van der Waals surface area contributed by atoms with E-state index in [1.165, 1.54) is 0 Å². The van der Waals surface area contributed by atoms with Crippen LogP contribution >= 0.6 is 0 Å². The highest BCUT2D eigenvalue weighted by Crippen LogP contribution is 2.11. The Morgan fingerprint density at radius 3 is 2.30 bits per heavy atom. The molecule has 0 aliphatic carbocycles. The molecule has 0 bridgehead atoms. The SMILES string of the molecule is CC(CO)(CO)CNC=O. The van der Waals surface area contributed by atoms with Gasteiger partial charge in [-0.25, -0.2) is 0 Å². The van der Waals surface area contributed by atoms with Crippen LogP contribution in [0, 0.1) is 5.41 Å². The van der Waals surface area contributed by atoms with Gasteiger partial charge in [-0.1, -0.05) is 6.92 Å². The predicted molar refractivity (Wildman–Crippen MR) is 36.3 cm³/mol. The third-order valence-corrected chi connectivity index (χ3v) is 1.38. The van der Waals surface area contributed by atoms with Crippen LogP contribution < -0.4 is 5.32 Å². The zero-order chi connectivity index (χ0) is 8.04. The number of aliphatic hydroxyl groups is 2. The Morgan fingerprint density at radius 1 is 1.50 bits per heavy atom. The second-order valence-electron chi connectivity index (χ2n) is 2.63. The van der Waals surface area contributed by atoms with Crippen molar-refractivity contribution in [2.45, 2.75) is 6.92 Å². The normalized spacial score (nSPS) is 11.1. The number of hydrogen-bond acceptors (Lipinski definition) is 3. The molecule has 1 amide bonds. The van der Waals surface area contributed by atoms with Crippen LogP contribution in [0.3, 0.4) is 0 Å². The highest BCUT2D eigenvalue weighted by molar-refractivity contribution is 5.45. The summed E-state index contributed by atoms with van der Waals surface area (Å²) < 4.78 is 0. The number of nitrogens with one attached hydrogen (secondary N) is 1. The Bertz CT molecular complexity index is 101. The fraction of sp³-hybridized carbons (Fsp3) is 0.833. The second kappa shape index (κ2) is 4.24. The Kier molecular flexibility index (Phi) is 3.99. The lowest BCUT2D eigenvalue weighted by molar-refractivity contribution is -0.110. The first kappa shape index (κ1) is 9.39. The lowest BCUT2D eigenvalue weighted by Crippen LogP contribution is -2.37. The first-order valence-electron chi connectivity index (χ1n) is 3.07. The van der Waals surface area contributed by atoms with E-state index in [1.807, 2.05) is 0 Å². The lowest BCUT2D eigenvalue weighted by Gasteiger charge is -2.23. The summed E-state index contributed by atoms with van der Waals surface area (Å²) in [5, 5.41) is 19.8. The molecule has 0 saturated heterocycles. The van der Waals surface area contributed by atoms with Crippen LogP contribution in [0.15, 0.2) is 0 Å². The van der Waals surface area contributed by atoms with Gasteiger partial charge in [0.1, 0.15) is 0 Å². The minimum Gasteiger partial charge on any atom is -0.396 e. The maximum atomic E-state index is 9.81. The summed E-state index contributed by atoms with van der Waals surface area (Å²) in [5.41, 5.74) is -0.596. The van der Waals surface area contributed by atoms with Crippen LogP contribution in [0.4, 0.5) is 0 Å². The van der Waals surface area contributed by atoms with Crippen molar-refractivity contribution in [2.75, 3.05) is 19.8 Å².